The van der Waals surface area contributed by atoms with Crippen LogP contribution in [0.3, 0.4) is 0 Å². The number of aliphatic hydroxyl groups is 1. The second-order valence-electron chi connectivity index (χ2n) is 11.5. The summed E-state index contributed by atoms with van der Waals surface area (Å²) in [5.74, 6) is -1.19. The number of nitriles is 1. The fourth-order valence-electron chi connectivity index (χ4n) is 9.78. The number of hydrogen-bond acceptors (Lipinski definition) is 6. The fourth-order valence-corrected chi connectivity index (χ4v) is 9.78. The summed E-state index contributed by atoms with van der Waals surface area (Å²) >= 11 is 0. The van der Waals surface area contributed by atoms with Crippen molar-refractivity contribution in [2.75, 3.05) is 0 Å². The Kier molecular flexibility index (Phi) is 3.39. The highest BCUT2D eigenvalue weighted by molar-refractivity contribution is 6.11. The number of fused-ring (bicyclic) bond motifs is 5. The Morgan fingerprint density at radius 2 is 1.87 bits per heavy atom. The molecule has 1 spiro atoms. The summed E-state index contributed by atoms with van der Waals surface area (Å²) in [6.07, 6.45) is 4.30. The van der Waals surface area contributed by atoms with Crippen LogP contribution in [0.4, 0.5) is 0 Å². The van der Waals surface area contributed by atoms with Crippen LogP contribution in [0.15, 0.2) is 0 Å². The lowest BCUT2D eigenvalue weighted by Crippen LogP contribution is -2.76. The zero-order valence-corrected chi connectivity index (χ0v) is 17.6. The van der Waals surface area contributed by atoms with Crippen LogP contribution in [-0.2, 0) is 19.1 Å². The highest BCUT2D eigenvalue weighted by Gasteiger charge is 2.81. The lowest BCUT2D eigenvalue weighted by molar-refractivity contribution is -0.249. The van der Waals surface area contributed by atoms with Gasteiger partial charge in [0, 0.05) is 24.2 Å². The van der Waals surface area contributed by atoms with Gasteiger partial charge < -0.3 is 9.84 Å². The Bertz CT molecular complexity index is 938. The molecule has 5 saturated carbocycles. The van der Waals surface area contributed by atoms with Crippen LogP contribution in [0.5, 0.6) is 0 Å². The van der Waals surface area contributed by atoms with Crippen molar-refractivity contribution in [3.05, 3.63) is 0 Å². The predicted molar refractivity (Wildman–Crippen MR) is 103 cm³/mol. The number of carbonyl (C=O) groups is 3. The Hall–Kier alpha value is -1.74. The molecule has 0 amide bonds. The first-order valence-electron chi connectivity index (χ1n) is 11.5. The molecular formula is C24H29NO5. The minimum Gasteiger partial charge on any atom is -0.458 e. The molecule has 6 aliphatic rings. The molecule has 5 aliphatic carbocycles. The van der Waals surface area contributed by atoms with E-state index in [1.165, 1.54) is 0 Å². The molecule has 0 unspecified atom stereocenters. The van der Waals surface area contributed by atoms with E-state index >= 15 is 0 Å². The van der Waals surface area contributed by atoms with Gasteiger partial charge in [-0.2, -0.15) is 5.26 Å². The molecule has 6 fully saturated rings. The standard InChI is InChI=1S/C24H29NO5/c1-21-6-4-15(26)19-20(29)14(24(19,21)11-25)9-12-13-3-7-23(8-5-17(28)30-23)22(13,2)10-16(27)18(12)21/h12-14,16,18-19,27H,3-10H2,1-2H3/t12-,13-,14+,16+,18+,19+,21+,22-,23+,24+/m0/s1. The monoisotopic (exact) mass is 411 g/mol. The summed E-state index contributed by atoms with van der Waals surface area (Å²) in [7, 11) is 0. The molecule has 0 bridgehead atoms. The van der Waals surface area contributed by atoms with Gasteiger partial charge in [0.15, 0.2) is 0 Å². The number of ketones is 2. The molecule has 0 radical (unpaired) electrons. The second kappa shape index (κ2) is 5.35. The number of esters is 1. The van der Waals surface area contributed by atoms with Crippen LogP contribution in [0, 0.1) is 57.2 Å². The fraction of sp³-hybridized carbons (Fsp3) is 0.833. The van der Waals surface area contributed by atoms with E-state index < -0.39 is 34.4 Å². The van der Waals surface area contributed by atoms with Crippen LogP contribution in [0.25, 0.3) is 0 Å². The lowest BCUT2D eigenvalue weighted by atomic mass is 9.29. The van der Waals surface area contributed by atoms with E-state index in [-0.39, 0.29) is 40.7 Å². The Labute approximate surface area is 176 Å². The molecule has 0 aromatic rings. The van der Waals surface area contributed by atoms with Crippen LogP contribution in [0.2, 0.25) is 0 Å². The zero-order valence-electron chi connectivity index (χ0n) is 17.6. The maximum atomic E-state index is 13.0. The van der Waals surface area contributed by atoms with Gasteiger partial charge in [-0.1, -0.05) is 13.8 Å². The average molecular weight is 411 g/mol. The number of aliphatic hydroxyl groups excluding tert-OH is 1. The highest BCUT2D eigenvalue weighted by Crippen LogP contribution is 2.77. The summed E-state index contributed by atoms with van der Waals surface area (Å²) in [6, 6.07) is 2.48. The van der Waals surface area contributed by atoms with E-state index in [0.717, 1.165) is 12.8 Å². The first kappa shape index (κ1) is 19.0. The van der Waals surface area contributed by atoms with Crippen molar-refractivity contribution in [1.82, 2.24) is 0 Å². The quantitative estimate of drug-likeness (QED) is 0.485. The van der Waals surface area contributed by atoms with Crippen molar-refractivity contribution in [3.63, 3.8) is 0 Å². The van der Waals surface area contributed by atoms with E-state index in [9.17, 15) is 24.8 Å². The molecular weight excluding hydrogens is 382 g/mol. The summed E-state index contributed by atoms with van der Waals surface area (Å²) in [4.78, 5) is 37.7. The van der Waals surface area contributed by atoms with E-state index in [0.29, 0.717) is 38.5 Å². The number of hydrogen-bond donors (Lipinski definition) is 1. The second-order valence-corrected chi connectivity index (χ2v) is 11.5. The largest absolute Gasteiger partial charge is 0.458 e. The Morgan fingerprint density at radius 1 is 1.10 bits per heavy atom. The highest BCUT2D eigenvalue weighted by atomic mass is 16.6. The maximum Gasteiger partial charge on any atom is 0.306 e. The summed E-state index contributed by atoms with van der Waals surface area (Å²) < 4.78 is 5.94. The molecule has 1 aliphatic heterocycles. The molecule has 0 aromatic carbocycles. The summed E-state index contributed by atoms with van der Waals surface area (Å²) in [5, 5.41) is 21.8. The van der Waals surface area contributed by atoms with E-state index in [1.807, 2.05) is 0 Å². The number of nitrogens with zero attached hydrogens (tertiary/aromatic N) is 1. The minimum atomic E-state index is -0.953. The summed E-state index contributed by atoms with van der Waals surface area (Å²) in [5.41, 5.74) is -2.30. The summed E-state index contributed by atoms with van der Waals surface area (Å²) in [6.45, 7) is 4.24. The average Bonchev–Trinajstić information content (AvgIpc) is 3.21. The molecule has 30 heavy (non-hydrogen) atoms. The van der Waals surface area contributed by atoms with E-state index in [1.54, 1.807) is 0 Å². The molecule has 6 nitrogen and oxygen atoms in total. The number of rotatable bonds is 0. The van der Waals surface area contributed by atoms with Gasteiger partial charge >= 0.3 is 5.97 Å². The van der Waals surface area contributed by atoms with Crippen LogP contribution in [0.1, 0.15) is 65.2 Å². The predicted octanol–water partition coefficient (Wildman–Crippen LogP) is 2.57. The molecule has 1 heterocycles. The van der Waals surface area contributed by atoms with Gasteiger partial charge in [0.2, 0.25) is 0 Å². The van der Waals surface area contributed by atoms with Crippen molar-refractivity contribution in [2.24, 2.45) is 45.8 Å². The van der Waals surface area contributed by atoms with Crippen LogP contribution < -0.4 is 0 Å². The topological polar surface area (TPSA) is 104 Å². The van der Waals surface area contributed by atoms with Crippen LogP contribution in [-0.4, -0.2) is 34.3 Å². The number of ether oxygens (including phenoxy) is 1. The maximum absolute atomic E-state index is 13.0. The van der Waals surface area contributed by atoms with Gasteiger partial charge in [-0.25, -0.2) is 0 Å². The van der Waals surface area contributed by atoms with Gasteiger partial charge in [0.1, 0.15) is 17.2 Å². The third-order valence-corrected chi connectivity index (χ3v) is 11.0. The molecule has 1 saturated heterocycles. The number of carbonyl (C=O) groups excluding carboxylic acids is 3. The van der Waals surface area contributed by atoms with Crippen molar-refractivity contribution in [3.8, 4) is 6.07 Å². The molecule has 10 atom stereocenters. The first-order chi connectivity index (χ1) is 14.2. The van der Waals surface area contributed by atoms with Gasteiger partial charge in [0.25, 0.3) is 0 Å². The van der Waals surface area contributed by atoms with Crippen molar-refractivity contribution in [1.29, 1.82) is 5.26 Å². The van der Waals surface area contributed by atoms with Crippen molar-refractivity contribution in [2.45, 2.75) is 76.9 Å². The molecule has 1 N–H and O–H groups in total. The molecule has 160 valence electrons. The Morgan fingerprint density at radius 3 is 2.53 bits per heavy atom. The van der Waals surface area contributed by atoms with Gasteiger partial charge in [-0.15, -0.1) is 0 Å². The van der Waals surface area contributed by atoms with Gasteiger partial charge in [0.05, 0.1) is 23.5 Å². The van der Waals surface area contributed by atoms with Gasteiger partial charge in [-0.3, -0.25) is 14.4 Å². The lowest BCUT2D eigenvalue weighted by Gasteiger charge is -2.71. The third-order valence-electron chi connectivity index (χ3n) is 11.0. The SMILES string of the molecule is C[C@]12C[C@@H](O)[C@H]3[C@@H](C[C@@H]4C(=O)[C@H]5C(=O)CC[C@@]3(C)[C@@]54C#N)[C@@H]1CC[C@@]21CCC(=O)O1. The normalized spacial score (nSPS) is 58.4. The van der Waals surface area contributed by atoms with Crippen LogP contribution >= 0.6 is 0 Å². The minimum absolute atomic E-state index is 0.0484. The third kappa shape index (κ3) is 1.70. The number of Topliss-reactive ketones (excluding diaryl/α,β-unsaturated/α-hetero) is 2. The van der Waals surface area contributed by atoms with Gasteiger partial charge in [-0.05, 0) is 61.7 Å². The molecule has 0 aromatic heterocycles. The first-order valence-corrected chi connectivity index (χ1v) is 11.5. The smallest absolute Gasteiger partial charge is 0.306 e. The molecule has 6 rings (SSSR count). The molecule has 6 heteroatoms. The zero-order chi connectivity index (χ0) is 21.3. The van der Waals surface area contributed by atoms with E-state index in [4.69, 9.17) is 4.74 Å². The van der Waals surface area contributed by atoms with Crippen molar-refractivity contribution >= 4 is 17.5 Å². The Balaban J connectivity index is 1.46. The van der Waals surface area contributed by atoms with E-state index in [2.05, 4.69) is 19.9 Å². The van der Waals surface area contributed by atoms with Crippen molar-refractivity contribution < 1.29 is 24.2 Å².